The highest BCUT2D eigenvalue weighted by atomic mass is 31.2. The van der Waals surface area contributed by atoms with Crippen LogP contribution in [0.3, 0.4) is 0 Å². The van der Waals surface area contributed by atoms with Crippen molar-refractivity contribution in [2.24, 2.45) is 0 Å². The predicted octanol–water partition coefficient (Wildman–Crippen LogP) is 13.5. The Hall–Kier alpha value is -1.99. The Labute approximate surface area is 331 Å². The van der Waals surface area contributed by atoms with Crippen LogP contribution in [0.15, 0.2) is 48.6 Å². The summed E-state index contributed by atoms with van der Waals surface area (Å²) in [6.07, 6.45) is 49.7. The molecule has 0 rings (SSSR count). The van der Waals surface area contributed by atoms with Crippen LogP contribution in [0.25, 0.3) is 0 Å². The molecule has 0 saturated heterocycles. The number of phosphoric ester groups is 1. The minimum Gasteiger partial charge on any atom is -0.462 e. The number of carbonyl (C=O) groups excluding carboxylic acids is 2. The van der Waals surface area contributed by atoms with Crippen LogP contribution in [0.4, 0.5) is 0 Å². The van der Waals surface area contributed by atoms with Crippen molar-refractivity contribution in [3.8, 4) is 0 Å². The molecule has 314 valence electrons. The first-order chi connectivity index (χ1) is 26.3. The molecule has 0 saturated carbocycles. The SMILES string of the molecule is CCCCC/C=C/C/C=C/CCCCCCCCCCCC(=O)O[C@H](COC(=O)CCCCCCCCC/C=C/C/C=C/CCCCC)COP(=O)(O)O. The van der Waals surface area contributed by atoms with Crippen molar-refractivity contribution in [3.05, 3.63) is 48.6 Å². The smallest absolute Gasteiger partial charge is 0.462 e. The maximum Gasteiger partial charge on any atom is 0.469 e. The molecule has 8 nitrogen and oxygen atoms in total. The maximum atomic E-state index is 12.4. The molecule has 0 radical (unpaired) electrons. The van der Waals surface area contributed by atoms with E-state index in [0.717, 1.165) is 64.2 Å². The van der Waals surface area contributed by atoms with Crippen LogP contribution in [-0.2, 0) is 28.2 Å². The summed E-state index contributed by atoms with van der Waals surface area (Å²) in [7, 11) is -4.76. The number of ether oxygens (including phenoxy) is 2. The van der Waals surface area contributed by atoms with Crippen LogP contribution in [-0.4, -0.2) is 41.0 Å². The molecule has 0 bridgehead atoms. The van der Waals surface area contributed by atoms with Gasteiger partial charge in [-0.3, -0.25) is 14.1 Å². The van der Waals surface area contributed by atoms with Gasteiger partial charge in [0.2, 0.25) is 0 Å². The summed E-state index contributed by atoms with van der Waals surface area (Å²) >= 11 is 0. The third-order valence-electron chi connectivity index (χ3n) is 9.32. The highest BCUT2D eigenvalue weighted by molar-refractivity contribution is 7.46. The second kappa shape index (κ2) is 40.7. The van der Waals surface area contributed by atoms with Crippen molar-refractivity contribution < 1.29 is 37.9 Å². The number of esters is 2. The van der Waals surface area contributed by atoms with Crippen LogP contribution in [0.1, 0.15) is 206 Å². The Morgan fingerprint density at radius 2 is 0.833 bits per heavy atom. The van der Waals surface area contributed by atoms with Crippen molar-refractivity contribution in [2.45, 2.75) is 213 Å². The highest BCUT2D eigenvalue weighted by Gasteiger charge is 2.22. The molecule has 0 aromatic carbocycles. The number of rotatable bonds is 40. The molecule has 0 aromatic heterocycles. The molecular weight excluding hydrogens is 699 g/mol. The van der Waals surface area contributed by atoms with Gasteiger partial charge in [-0.15, -0.1) is 0 Å². The number of carbonyl (C=O) groups is 2. The topological polar surface area (TPSA) is 119 Å². The Morgan fingerprint density at radius 1 is 0.481 bits per heavy atom. The molecule has 0 spiro atoms. The Kier molecular flexibility index (Phi) is 39.2. The van der Waals surface area contributed by atoms with Crippen LogP contribution < -0.4 is 0 Å². The van der Waals surface area contributed by atoms with E-state index in [1.54, 1.807) is 0 Å². The van der Waals surface area contributed by atoms with Gasteiger partial charge < -0.3 is 19.3 Å². The summed E-state index contributed by atoms with van der Waals surface area (Å²) in [5.74, 6) is -0.896. The van der Waals surface area contributed by atoms with E-state index in [2.05, 4.69) is 67.0 Å². The van der Waals surface area contributed by atoms with E-state index in [1.807, 2.05) is 0 Å². The second-order valence-corrected chi connectivity index (χ2v) is 15.9. The summed E-state index contributed by atoms with van der Waals surface area (Å²) < 4.78 is 26.4. The molecular formula is C45H81O8P. The molecule has 9 heteroatoms. The van der Waals surface area contributed by atoms with Gasteiger partial charge >= 0.3 is 19.8 Å². The normalized spacial score (nSPS) is 12.9. The van der Waals surface area contributed by atoms with E-state index in [0.29, 0.717) is 12.8 Å². The lowest BCUT2D eigenvalue weighted by atomic mass is 10.1. The fourth-order valence-electron chi connectivity index (χ4n) is 6.02. The lowest BCUT2D eigenvalue weighted by Crippen LogP contribution is -2.29. The summed E-state index contributed by atoms with van der Waals surface area (Å²) in [6.45, 7) is 3.64. The lowest BCUT2D eigenvalue weighted by molar-refractivity contribution is -0.161. The molecule has 0 fully saturated rings. The molecule has 54 heavy (non-hydrogen) atoms. The van der Waals surface area contributed by atoms with E-state index in [4.69, 9.17) is 19.3 Å². The van der Waals surface area contributed by atoms with Gasteiger partial charge in [0, 0.05) is 12.8 Å². The van der Waals surface area contributed by atoms with Gasteiger partial charge in [-0.1, -0.05) is 165 Å². The Bertz CT molecular complexity index is 1020. The van der Waals surface area contributed by atoms with Crippen molar-refractivity contribution >= 4 is 19.8 Å². The fraction of sp³-hybridized carbons (Fsp3) is 0.778. The number of phosphoric acid groups is 1. The van der Waals surface area contributed by atoms with Crippen LogP contribution in [0.2, 0.25) is 0 Å². The summed E-state index contributed by atoms with van der Waals surface area (Å²) in [5, 5.41) is 0. The summed E-state index contributed by atoms with van der Waals surface area (Å²) in [6, 6.07) is 0. The van der Waals surface area contributed by atoms with Gasteiger partial charge in [-0.2, -0.15) is 0 Å². The minimum absolute atomic E-state index is 0.204. The predicted molar refractivity (Wildman–Crippen MR) is 225 cm³/mol. The number of hydrogen-bond donors (Lipinski definition) is 2. The quantitative estimate of drug-likeness (QED) is 0.0273. The molecule has 2 N–H and O–H groups in total. The molecule has 0 amide bonds. The van der Waals surface area contributed by atoms with Gasteiger partial charge in [0.05, 0.1) is 6.61 Å². The van der Waals surface area contributed by atoms with Gasteiger partial charge in [0.25, 0.3) is 0 Å². The van der Waals surface area contributed by atoms with Crippen molar-refractivity contribution in [2.75, 3.05) is 13.2 Å². The summed E-state index contributed by atoms with van der Waals surface area (Å²) in [5.41, 5.74) is 0. The first kappa shape index (κ1) is 52.0. The molecule has 0 aliphatic carbocycles. The third kappa shape index (κ3) is 42.7. The number of allylic oxidation sites excluding steroid dienone is 8. The van der Waals surface area contributed by atoms with E-state index >= 15 is 0 Å². The Balaban J connectivity index is 3.91. The average Bonchev–Trinajstić information content (AvgIpc) is 3.14. The van der Waals surface area contributed by atoms with Crippen LogP contribution >= 0.6 is 7.82 Å². The van der Waals surface area contributed by atoms with Crippen molar-refractivity contribution in [1.82, 2.24) is 0 Å². The van der Waals surface area contributed by atoms with Crippen LogP contribution in [0.5, 0.6) is 0 Å². The highest BCUT2D eigenvalue weighted by Crippen LogP contribution is 2.36. The Morgan fingerprint density at radius 3 is 1.22 bits per heavy atom. The number of hydrogen-bond acceptors (Lipinski definition) is 6. The molecule has 0 unspecified atom stereocenters. The van der Waals surface area contributed by atoms with Gasteiger partial charge in [-0.05, 0) is 77.0 Å². The zero-order valence-electron chi connectivity index (χ0n) is 34.6. The first-order valence-electron chi connectivity index (χ1n) is 21.9. The molecule has 0 aromatic rings. The zero-order chi connectivity index (χ0) is 39.6. The average molecular weight is 781 g/mol. The minimum atomic E-state index is -4.76. The standard InChI is InChI=1S/C45H81O8P/c1-3-5-7-9-11-13-15-17-19-21-22-24-26-28-30-32-34-36-38-40-45(47)53-43(42-52-54(48,49)50)41-51-44(46)39-37-35-33-31-29-27-25-23-20-18-16-14-12-10-8-6-4-2/h11-14,17-20,43H,3-10,15-16,21-42H2,1-2H3,(H2,48,49,50)/b13-11+,14-12+,19-17+,20-18+/t43-/m1/s1. The monoisotopic (exact) mass is 781 g/mol. The van der Waals surface area contributed by atoms with E-state index in [-0.39, 0.29) is 19.4 Å². The van der Waals surface area contributed by atoms with Gasteiger partial charge in [0.1, 0.15) is 6.61 Å². The van der Waals surface area contributed by atoms with E-state index in [1.165, 1.54) is 103 Å². The molecule has 0 aliphatic heterocycles. The lowest BCUT2D eigenvalue weighted by Gasteiger charge is -2.18. The molecule has 0 heterocycles. The zero-order valence-corrected chi connectivity index (χ0v) is 35.5. The van der Waals surface area contributed by atoms with E-state index in [9.17, 15) is 14.2 Å². The van der Waals surface area contributed by atoms with Crippen LogP contribution in [0, 0.1) is 0 Å². The van der Waals surface area contributed by atoms with Gasteiger partial charge in [-0.25, -0.2) is 4.57 Å². The van der Waals surface area contributed by atoms with Crippen molar-refractivity contribution in [3.63, 3.8) is 0 Å². The second-order valence-electron chi connectivity index (χ2n) is 14.7. The van der Waals surface area contributed by atoms with Crippen molar-refractivity contribution in [1.29, 1.82) is 0 Å². The third-order valence-corrected chi connectivity index (χ3v) is 9.81. The largest absolute Gasteiger partial charge is 0.469 e. The first-order valence-corrected chi connectivity index (χ1v) is 23.5. The maximum absolute atomic E-state index is 12.4. The van der Waals surface area contributed by atoms with Gasteiger partial charge in [0.15, 0.2) is 6.10 Å². The van der Waals surface area contributed by atoms with E-state index < -0.39 is 32.5 Å². The molecule has 0 aliphatic rings. The molecule has 1 atom stereocenters. The number of unbranched alkanes of at least 4 members (excludes halogenated alkanes) is 22. The summed E-state index contributed by atoms with van der Waals surface area (Å²) in [4.78, 5) is 42.9. The fourth-order valence-corrected chi connectivity index (χ4v) is 6.38.